The number of aromatic nitrogens is 3. The van der Waals surface area contributed by atoms with Crippen LogP contribution < -0.4 is 10.6 Å². The predicted octanol–water partition coefficient (Wildman–Crippen LogP) is 6.44. The molecule has 4 aromatic rings. The van der Waals surface area contributed by atoms with Gasteiger partial charge in [0.1, 0.15) is 6.17 Å². The Hall–Kier alpha value is -4.69. The number of nitrogens with one attached hydrogen (secondary N) is 2. The molecule has 1 atom stereocenters. The minimum atomic E-state index is -1.14. The Morgan fingerprint density at radius 3 is 2.68 bits per heavy atom. The highest BCUT2D eigenvalue weighted by molar-refractivity contribution is 6.31. The zero-order valence-electron chi connectivity index (χ0n) is 22.0. The maximum absolute atomic E-state index is 14.9. The van der Waals surface area contributed by atoms with Crippen LogP contribution >= 0.6 is 11.6 Å². The number of pyridine rings is 1. The summed E-state index contributed by atoms with van der Waals surface area (Å²) >= 11 is 6.37. The van der Waals surface area contributed by atoms with Crippen molar-refractivity contribution in [1.82, 2.24) is 20.3 Å². The Labute approximate surface area is 242 Å². The molecule has 0 saturated heterocycles. The van der Waals surface area contributed by atoms with Gasteiger partial charge < -0.3 is 10.6 Å². The monoisotopic (exact) mass is 564 g/mol. The molecule has 0 radical (unpaired) electrons. The van der Waals surface area contributed by atoms with Crippen molar-refractivity contribution in [3.63, 3.8) is 0 Å². The number of carbonyl (C=O) groups is 1. The van der Waals surface area contributed by atoms with E-state index in [0.29, 0.717) is 53.0 Å². The Kier molecular flexibility index (Phi) is 7.65. The molecule has 3 heterocycles. The first-order valence-electron chi connectivity index (χ1n) is 13.3. The van der Waals surface area contributed by atoms with Crippen molar-refractivity contribution in [1.29, 1.82) is 0 Å². The molecule has 2 aliphatic rings. The van der Waals surface area contributed by atoms with Gasteiger partial charge in [-0.1, -0.05) is 35.9 Å². The third-order valence-electron chi connectivity index (χ3n) is 6.98. The van der Waals surface area contributed by atoms with E-state index in [-0.39, 0.29) is 5.91 Å². The van der Waals surface area contributed by atoms with Gasteiger partial charge in [0.25, 0.3) is 5.91 Å². The average molecular weight is 565 g/mol. The number of halogens is 2. The number of hydrogen-bond donors (Lipinski definition) is 2. The molecule has 2 N–H and O–H groups in total. The Bertz CT molecular complexity index is 1680. The maximum Gasteiger partial charge on any atom is 0.251 e. The van der Waals surface area contributed by atoms with E-state index < -0.39 is 6.17 Å². The van der Waals surface area contributed by atoms with E-state index in [4.69, 9.17) is 21.6 Å². The van der Waals surface area contributed by atoms with Gasteiger partial charge in [0.05, 0.1) is 18.0 Å². The van der Waals surface area contributed by atoms with Gasteiger partial charge in [-0.2, -0.15) is 0 Å². The van der Waals surface area contributed by atoms with Crippen molar-refractivity contribution in [2.75, 3.05) is 11.9 Å². The second-order valence-corrected chi connectivity index (χ2v) is 10.2. The third-order valence-corrected chi connectivity index (χ3v) is 7.22. The van der Waals surface area contributed by atoms with Gasteiger partial charge in [-0.3, -0.25) is 14.8 Å². The average Bonchev–Trinajstić information content (AvgIpc) is 3.14. The second-order valence-electron chi connectivity index (χ2n) is 9.74. The summed E-state index contributed by atoms with van der Waals surface area (Å²) in [6.45, 7) is 0.847. The molecule has 41 heavy (non-hydrogen) atoms. The number of anilines is 2. The molecule has 0 saturated carbocycles. The van der Waals surface area contributed by atoms with Gasteiger partial charge in [-0.25, -0.2) is 14.4 Å². The highest BCUT2D eigenvalue weighted by Gasteiger charge is 2.26. The molecule has 2 aromatic heterocycles. The molecule has 9 heteroatoms. The third kappa shape index (κ3) is 5.93. The van der Waals surface area contributed by atoms with Crippen LogP contribution in [0.4, 0.5) is 16.0 Å². The fraction of sp³-hybridized carbons (Fsp3) is 0.156. The van der Waals surface area contributed by atoms with Crippen LogP contribution in [0.2, 0.25) is 5.02 Å². The largest absolute Gasteiger partial charge is 0.352 e. The summed E-state index contributed by atoms with van der Waals surface area (Å²) in [7, 11) is 0. The van der Waals surface area contributed by atoms with E-state index in [1.54, 1.807) is 42.9 Å². The number of carbonyl (C=O) groups excluding carboxylic acids is 1. The summed E-state index contributed by atoms with van der Waals surface area (Å²) in [5.74, 6) is 0.253. The number of allylic oxidation sites excluding steroid dienone is 4. The van der Waals surface area contributed by atoms with Gasteiger partial charge in [-0.15, -0.1) is 0 Å². The second kappa shape index (κ2) is 11.8. The lowest BCUT2D eigenvalue weighted by Crippen LogP contribution is -2.25. The van der Waals surface area contributed by atoms with Crippen molar-refractivity contribution in [2.24, 2.45) is 4.99 Å². The Morgan fingerprint density at radius 2 is 1.88 bits per heavy atom. The molecule has 7 nitrogen and oxygen atoms in total. The highest BCUT2D eigenvalue weighted by atomic mass is 35.5. The first-order valence-corrected chi connectivity index (χ1v) is 13.7. The standard InChI is InChI=1S/C32H26ClFN6O/c33-23-7-10-25-27(17-23)30(26-3-1-2-4-28(26)34)37-18-22-19-38-32(40-29(22)25)39-24-8-5-21(6-9-24)31(41)36-16-13-20-11-14-35-15-12-20/h1-3,5-12,14-15,17,19,28H,4,13,16,18H2,(H,36,41)(H,38,39,40). The molecule has 204 valence electrons. The summed E-state index contributed by atoms with van der Waals surface area (Å²) < 4.78 is 14.9. The van der Waals surface area contributed by atoms with Crippen molar-refractivity contribution >= 4 is 34.9 Å². The fourth-order valence-electron chi connectivity index (χ4n) is 4.87. The van der Waals surface area contributed by atoms with Crippen LogP contribution in [0.25, 0.3) is 11.3 Å². The lowest BCUT2D eigenvalue weighted by atomic mass is 9.90. The van der Waals surface area contributed by atoms with E-state index in [9.17, 15) is 9.18 Å². The predicted molar refractivity (Wildman–Crippen MR) is 159 cm³/mol. The molecule has 6 rings (SSSR count). The van der Waals surface area contributed by atoms with E-state index in [0.717, 1.165) is 34.4 Å². The quantitative estimate of drug-likeness (QED) is 0.270. The van der Waals surface area contributed by atoms with Gasteiger partial charge >= 0.3 is 0 Å². The molecular weight excluding hydrogens is 539 g/mol. The lowest BCUT2D eigenvalue weighted by Gasteiger charge is -2.18. The number of benzene rings is 2. The number of amides is 1. The first-order chi connectivity index (χ1) is 20.0. The number of nitrogens with zero attached hydrogens (tertiary/aromatic N) is 4. The summed E-state index contributed by atoms with van der Waals surface area (Å²) in [6.07, 6.45) is 10.6. The summed E-state index contributed by atoms with van der Waals surface area (Å²) in [5.41, 5.74) is 6.62. The minimum Gasteiger partial charge on any atom is -0.352 e. The normalized spacial score (nSPS) is 15.6. The minimum absolute atomic E-state index is 0.142. The van der Waals surface area contributed by atoms with Crippen molar-refractivity contribution in [2.45, 2.75) is 25.6 Å². The van der Waals surface area contributed by atoms with Crippen LogP contribution in [-0.4, -0.2) is 39.3 Å². The number of aliphatic imine (C=N–C) groups is 1. The van der Waals surface area contributed by atoms with Crippen molar-refractivity contribution in [3.05, 3.63) is 124 Å². The van der Waals surface area contributed by atoms with Crippen LogP contribution in [-0.2, 0) is 13.0 Å². The molecule has 0 fully saturated rings. The highest BCUT2D eigenvalue weighted by Crippen LogP contribution is 2.35. The van der Waals surface area contributed by atoms with Crippen molar-refractivity contribution < 1.29 is 9.18 Å². The number of fused-ring (bicyclic) bond motifs is 3. The van der Waals surface area contributed by atoms with E-state index in [2.05, 4.69) is 20.6 Å². The smallest absolute Gasteiger partial charge is 0.251 e. The zero-order valence-corrected chi connectivity index (χ0v) is 22.8. The molecule has 2 aromatic carbocycles. The molecule has 0 spiro atoms. The first kappa shape index (κ1) is 26.5. The van der Waals surface area contributed by atoms with Crippen LogP contribution in [0.5, 0.6) is 0 Å². The van der Waals surface area contributed by atoms with E-state index in [1.807, 2.05) is 48.6 Å². The van der Waals surface area contributed by atoms with E-state index in [1.165, 1.54) is 0 Å². The van der Waals surface area contributed by atoms with Crippen LogP contribution in [0.1, 0.15) is 33.5 Å². The van der Waals surface area contributed by atoms with Gasteiger partial charge in [-0.05, 0) is 60.5 Å². The number of hydrogen-bond acceptors (Lipinski definition) is 6. The summed E-state index contributed by atoms with van der Waals surface area (Å²) in [5, 5.41) is 6.71. The Balaban J connectivity index is 1.19. The summed E-state index contributed by atoms with van der Waals surface area (Å²) in [4.78, 5) is 30.7. The molecule has 0 bridgehead atoms. The maximum atomic E-state index is 14.9. The zero-order chi connectivity index (χ0) is 28.2. The van der Waals surface area contributed by atoms with Crippen LogP contribution in [0.3, 0.4) is 0 Å². The van der Waals surface area contributed by atoms with E-state index >= 15 is 0 Å². The molecular formula is C32H26ClFN6O. The summed E-state index contributed by atoms with van der Waals surface area (Å²) in [6, 6.07) is 16.5. The lowest BCUT2D eigenvalue weighted by molar-refractivity contribution is 0.0954. The number of alkyl halides is 1. The topological polar surface area (TPSA) is 92.2 Å². The fourth-order valence-corrected chi connectivity index (χ4v) is 5.04. The number of rotatable bonds is 7. The van der Waals surface area contributed by atoms with Gasteiger partial charge in [0.2, 0.25) is 5.95 Å². The van der Waals surface area contributed by atoms with Crippen molar-refractivity contribution in [3.8, 4) is 11.3 Å². The molecule has 1 unspecified atom stereocenters. The molecule has 1 aliphatic heterocycles. The van der Waals surface area contributed by atoms with Crippen LogP contribution in [0.15, 0.2) is 102 Å². The molecule has 1 amide bonds. The Morgan fingerprint density at radius 1 is 1.05 bits per heavy atom. The van der Waals surface area contributed by atoms with Gasteiger partial charge in [0.15, 0.2) is 0 Å². The SMILES string of the molecule is O=C(NCCc1ccncc1)c1ccc(Nc2ncc3c(n2)-c2ccc(Cl)cc2C(C2=CC=CCC2F)=NC3)cc1. The van der Waals surface area contributed by atoms with Crippen LogP contribution in [0, 0.1) is 0 Å². The van der Waals surface area contributed by atoms with Gasteiger partial charge in [0, 0.05) is 70.1 Å². The molecule has 1 aliphatic carbocycles.